The smallest absolute Gasteiger partial charge is 0.400 e. The minimum absolute atomic E-state index is 0.0771. The third-order valence-electron chi connectivity index (χ3n) is 2.23. The highest BCUT2D eigenvalue weighted by molar-refractivity contribution is 5.83. The summed E-state index contributed by atoms with van der Waals surface area (Å²) in [5.74, 6) is -3.18. The highest BCUT2D eigenvalue weighted by atomic mass is 19.4. The summed E-state index contributed by atoms with van der Waals surface area (Å²) in [6, 6.07) is 0. The van der Waals surface area contributed by atoms with Crippen molar-refractivity contribution in [2.75, 3.05) is 27.2 Å². The van der Waals surface area contributed by atoms with Crippen LogP contribution in [0.3, 0.4) is 0 Å². The molecule has 0 saturated heterocycles. The maximum Gasteiger partial charge on any atom is 0.400 e. The lowest BCUT2D eigenvalue weighted by molar-refractivity contribution is -0.154. The highest BCUT2D eigenvalue weighted by Gasteiger charge is 2.42. The molecule has 0 saturated carbocycles. The number of oxime groups is 1. The molecule has 0 aliphatic heterocycles. The van der Waals surface area contributed by atoms with Gasteiger partial charge in [0.1, 0.15) is 5.92 Å². The predicted molar refractivity (Wildman–Crippen MR) is 59.1 cm³/mol. The second-order valence-electron chi connectivity index (χ2n) is 3.86. The molecule has 106 valence electrons. The number of hydrogen-bond acceptors (Lipinski definition) is 4. The number of carbonyl (C=O) groups is 1. The fourth-order valence-corrected chi connectivity index (χ4v) is 1.12. The van der Waals surface area contributed by atoms with E-state index >= 15 is 0 Å². The number of amidine groups is 1. The molecule has 1 unspecified atom stereocenters. The summed E-state index contributed by atoms with van der Waals surface area (Å²) < 4.78 is 37.5. The molecular formula is C9H17F3N4O2. The molecule has 0 spiro atoms. The number of nitrogens with zero attached hydrogens (tertiary/aromatic N) is 2. The molecule has 0 rings (SSSR count). The van der Waals surface area contributed by atoms with Crippen LogP contribution in [0.1, 0.15) is 6.42 Å². The van der Waals surface area contributed by atoms with Crippen LogP contribution >= 0.6 is 0 Å². The molecule has 0 aromatic rings. The predicted octanol–water partition coefficient (Wildman–Crippen LogP) is -0.0208. The van der Waals surface area contributed by atoms with Crippen LogP contribution in [-0.2, 0) is 4.79 Å². The normalized spacial score (nSPS) is 14.4. The van der Waals surface area contributed by atoms with E-state index < -0.39 is 24.5 Å². The highest BCUT2D eigenvalue weighted by Crippen LogP contribution is 2.25. The Labute approximate surface area is 103 Å². The van der Waals surface area contributed by atoms with Crippen LogP contribution in [0.5, 0.6) is 0 Å². The molecule has 0 aliphatic carbocycles. The Morgan fingerprint density at radius 3 is 2.44 bits per heavy atom. The van der Waals surface area contributed by atoms with E-state index in [1.54, 1.807) is 14.1 Å². The largest absolute Gasteiger partial charge is 0.409 e. The number of rotatable bonds is 6. The van der Waals surface area contributed by atoms with Gasteiger partial charge < -0.3 is 21.2 Å². The van der Waals surface area contributed by atoms with Crippen LogP contribution in [-0.4, -0.2) is 55.2 Å². The van der Waals surface area contributed by atoms with Gasteiger partial charge in [0.15, 0.2) is 5.84 Å². The topological polar surface area (TPSA) is 91.0 Å². The van der Waals surface area contributed by atoms with E-state index in [1.165, 1.54) is 4.90 Å². The minimum atomic E-state index is -4.60. The number of amides is 1. The first-order valence-corrected chi connectivity index (χ1v) is 5.15. The van der Waals surface area contributed by atoms with E-state index in [0.717, 1.165) is 0 Å². The van der Waals surface area contributed by atoms with E-state index in [-0.39, 0.29) is 18.9 Å². The maximum absolute atomic E-state index is 12.5. The van der Waals surface area contributed by atoms with Gasteiger partial charge in [-0.1, -0.05) is 5.16 Å². The SMILES string of the molecule is CN(C)C(=O)CCNCC(C(N)=NO)C(F)(F)F. The van der Waals surface area contributed by atoms with Crippen LogP contribution in [0.25, 0.3) is 0 Å². The van der Waals surface area contributed by atoms with Crippen molar-refractivity contribution in [2.45, 2.75) is 12.6 Å². The van der Waals surface area contributed by atoms with Gasteiger partial charge in [-0.15, -0.1) is 0 Å². The van der Waals surface area contributed by atoms with Gasteiger partial charge in [0.05, 0.1) is 0 Å². The van der Waals surface area contributed by atoms with Gasteiger partial charge in [-0.25, -0.2) is 0 Å². The molecule has 0 radical (unpaired) electrons. The van der Waals surface area contributed by atoms with E-state index in [1.807, 2.05) is 0 Å². The summed E-state index contributed by atoms with van der Waals surface area (Å²) in [6.45, 7) is -0.456. The maximum atomic E-state index is 12.5. The van der Waals surface area contributed by atoms with Crippen LogP contribution in [0.15, 0.2) is 5.16 Å². The summed E-state index contributed by atoms with van der Waals surface area (Å²) in [7, 11) is 3.11. The third-order valence-corrected chi connectivity index (χ3v) is 2.23. The number of halogens is 3. The fraction of sp³-hybridized carbons (Fsp3) is 0.778. The molecule has 18 heavy (non-hydrogen) atoms. The molecule has 0 aliphatic rings. The summed E-state index contributed by atoms with van der Waals surface area (Å²) in [5, 5.41) is 13.1. The monoisotopic (exact) mass is 270 g/mol. The molecule has 0 fully saturated rings. The lowest BCUT2D eigenvalue weighted by Crippen LogP contribution is -2.43. The van der Waals surface area contributed by atoms with Gasteiger partial charge in [0.2, 0.25) is 5.91 Å². The molecule has 0 aromatic carbocycles. The van der Waals surface area contributed by atoms with E-state index in [4.69, 9.17) is 10.9 Å². The van der Waals surface area contributed by atoms with Crippen molar-refractivity contribution in [3.05, 3.63) is 0 Å². The first-order chi connectivity index (χ1) is 8.20. The Morgan fingerprint density at radius 2 is 2.06 bits per heavy atom. The molecule has 1 amide bonds. The number of hydrogen-bond donors (Lipinski definition) is 3. The molecule has 0 heterocycles. The molecule has 9 heteroatoms. The van der Waals surface area contributed by atoms with Crippen molar-refractivity contribution in [3.8, 4) is 0 Å². The second kappa shape index (κ2) is 7.04. The Balaban J connectivity index is 4.19. The second-order valence-corrected chi connectivity index (χ2v) is 3.86. The van der Waals surface area contributed by atoms with Gasteiger partial charge in [0.25, 0.3) is 0 Å². The standard InChI is InChI=1S/C9H17F3N4O2/c1-16(2)7(17)3-4-14-5-6(8(13)15-18)9(10,11)12/h6,14,18H,3-5H2,1-2H3,(H2,13,15). The van der Waals surface area contributed by atoms with E-state index in [9.17, 15) is 18.0 Å². The zero-order valence-corrected chi connectivity index (χ0v) is 10.2. The van der Waals surface area contributed by atoms with Gasteiger partial charge in [-0.05, 0) is 0 Å². The first kappa shape index (κ1) is 16.5. The van der Waals surface area contributed by atoms with Crippen LogP contribution in [0.2, 0.25) is 0 Å². The Kier molecular flexibility index (Phi) is 6.45. The Bertz CT molecular complexity index is 305. The molecule has 0 bridgehead atoms. The average molecular weight is 270 g/mol. The number of nitrogens with two attached hydrogens (primary N) is 1. The third kappa shape index (κ3) is 5.71. The van der Waals surface area contributed by atoms with Gasteiger partial charge in [-0.3, -0.25) is 4.79 Å². The molecule has 6 nitrogen and oxygen atoms in total. The quantitative estimate of drug-likeness (QED) is 0.208. The minimum Gasteiger partial charge on any atom is -0.409 e. The van der Waals surface area contributed by atoms with Crippen LogP contribution in [0, 0.1) is 5.92 Å². The van der Waals surface area contributed by atoms with E-state index in [2.05, 4.69) is 10.5 Å². The first-order valence-electron chi connectivity index (χ1n) is 5.15. The molecular weight excluding hydrogens is 253 g/mol. The number of alkyl halides is 3. The van der Waals surface area contributed by atoms with Crippen molar-refractivity contribution in [3.63, 3.8) is 0 Å². The van der Waals surface area contributed by atoms with Crippen molar-refractivity contribution < 1.29 is 23.2 Å². The summed E-state index contributed by atoms with van der Waals surface area (Å²) >= 11 is 0. The Hall–Kier alpha value is -1.51. The lowest BCUT2D eigenvalue weighted by atomic mass is 10.1. The number of carbonyl (C=O) groups excluding carboxylic acids is 1. The number of nitrogens with one attached hydrogen (secondary N) is 1. The summed E-state index contributed by atoms with van der Waals surface area (Å²) in [6.07, 6.45) is -4.53. The van der Waals surface area contributed by atoms with Crippen molar-refractivity contribution in [1.82, 2.24) is 10.2 Å². The van der Waals surface area contributed by atoms with Crippen molar-refractivity contribution >= 4 is 11.7 Å². The van der Waals surface area contributed by atoms with Gasteiger partial charge in [-0.2, -0.15) is 13.2 Å². The fourth-order valence-electron chi connectivity index (χ4n) is 1.12. The lowest BCUT2D eigenvalue weighted by Gasteiger charge is -2.19. The summed E-state index contributed by atoms with van der Waals surface area (Å²) in [5.41, 5.74) is 4.96. The molecule has 4 N–H and O–H groups in total. The van der Waals surface area contributed by atoms with Gasteiger partial charge in [0, 0.05) is 33.6 Å². The van der Waals surface area contributed by atoms with Crippen molar-refractivity contribution in [1.29, 1.82) is 0 Å². The Morgan fingerprint density at radius 1 is 1.50 bits per heavy atom. The molecule has 0 aromatic heterocycles. The van der Waals surface area contributed by atoms with Crippen molar-refractivity contribution in [2.24, 2.45) is 16.8 Å². The summed E-state index contributed by atoms with van der Waals surface area (Å²) in [4.78, 5) is 12.5. The average Bonchev–Trinajstić information content (AvgIpc) is 2.25. The van der Waals surface area contributed by atoms with Crippen LogP contribution < -0.4 is 11.1 Å². The van der Waals surface area contributed by atoms with Crippen LogP contribution in [0.4, 0.5) is 13.2 Å². The zero-order chi connectivity index (χ0) is 14.3. The van der Waals surface area contributed by atoms with Gasteiger partial charge >= 0.3 is 6.18 Å². The zero-order valence-electron chi connectivity index (χ0n) is 10.2. The van der Waals surface area contributed by atoms with E-state index in [0.29, 0.717) is 0 Å². The molecule has 1 atom stereocenters.